The number of pyridine rings is 1. The highest BCUT2D eigenvalue weighted by molar-refractivity contribution is 5.97. The molecule has 2 N–H and O–H groups in total. The zero-order valence-electron chi connectivity index (χ0n) is 18.5. The molecule has 2 aromatic heterocycles. The van der Waals surface area contributed by atoms with Gasteiger partial charge in [0.05, 0.1) is 18.9 Å². The smallest absolute Gasteiger partial charge is 0.182 e. The van der Waals surface area contributed by atoms with Gasteiger partial charge in [-0.3, -0.25) is 9.20 Å². The summed E-state index contributed by atoms with van der Waals surface area (Å²) < 4.78 is 34.8. The second-order valence-corrected chi connectivity index (χ2v) is 8.18. The van der Waals surface area contributed by atoms with Crippen LogP contribution in [0.15, 0.2) is 66.9 Å². The monoisotopic (exact) mass is 466 g/mol. The highest BCUT2D eigenvalue weighted by atomic mass is 19.2. The molecular weight excluding hydrogens is 442 g/mol. The standard InChI is InChI=1S/C26H24F2N2O4/c1-17-24(21(33)13-26(15-31,16-32)19-8-3-2-4-9-19)30-12-6-11-22(25(30)29-17)34-14-18-7-5-10-20(27)23(18)28/h2-12,31-32H,13-16H2,1H3. The molecule has 34 heavy (non-hydrogen) atoms. The fourth-order valence-electron chi connectivity index (χ4n) is 4.05. The SMILES string of the molecule is Cc1nc2c(OCc3cccc(F)c3F)cccn2c1C(=O)CC(CO)(CO)c1ccccc1. The normalized spacial score (nSPS) is 11.7. The third-order valence-electron chi connectivity index (χ3n) is 5.96. The third kappa shape index (κ3) is 4.30. The summed E-state index contributed by atoms with van der Waals surface area (Å²) in [6.45, 7) is 0.633. The number of halogens is 2. The van der Waals surface area contributed by atoms with Crippen LogP contribution >= 0.6 is 0 Å². The number of imidazole rings is 1. The Kier molecular flexibility index (Phi) is 6.72. The van der Waals surface area contributed by atoms with E-state index in [1.165, 1.54) is 12.1 Å². The number of aliphatic hydroxyl groups excluding tert-OH is 2. The van der Waals surface area contributed by atoms with Gasteiger partial charge < -0.3 is 14.9 Å². The summed E-state index contributed by atoms with van der Waals surface area (Å²) in [6.07, 6.45) is 1.51. The summed E-state index contributed by atoms with van der Waals surface area (Å²) in [7, 11) is 0. The minimum absolute atomic E-state index is 0.0557. The van der Waals surface area contributed by atoms with Gasteiger partial charge in [0.2, 0.25) is 0 Å². The minimum Gasteiger partial charge on any atom is -0.485 e. The molecule has 2 heterocycles. The van der Waals surface area contributed by atoms with E-state index < -0.39 is 30.3 Å². The molecule has 0 unspecified atom stereocenters. The number of aliphatic hydroxyl groups is 2. The highest BCUT2D eigenvalue weighted by Crippen LogP contribution is 2.31. The number of fused-ring (bicyclic) bond motifs is 1. The molecule has 6 nitrogen and oxygen atoms in total. The number of carbonyl (C=O) groups excluding carboxylic acids is 1. The number of hydrogen-bond donors (Lipinski definition) is 2. The Hall–Kier alpha value is -3.62. The quantitative estimate of drug-likeness (QED) is 0.365. The maximum absolute atomic E-state index is 14.0. The molecule has 0 aliphatic rings. The molecule has 0 aliphatic heterocycles. The van der Waals surface area contributed by atoms with E-state index in [9.17, 15) is 23.8 Å². The Morgan fingerprint density at radius 1 is 1.03 bits per heavy atom. The number of nitrogens with zero attached hydrogens (tertiary/aromatic N) is 2. The first-order chi connectivity index (χ1) is 16.4. The van der Waals surface area contributed by atoms with E-state index in [2.05, 4.69) is 4.98 Å². The number of benzene rings is 2. The summed E-state index contributed by atoms with van der Waals surface area (Å²) in [5, 5.41) is 20.2. The summed E-state index contributed by atoms with van der Waals surface area (Å²) >= 11 is 0. The number of aryl methyl sites for hydroxylation is 1. The van der Waals surface area contributed by atoms with Crippen LogP contribution in [0.4, 0.5) is 8.78 Å². The molecule has 0 radical (unpaired) electrons. The number of rotatable bonds is 9. The molecule has 2 aromatic carbocycles. The number of hydrogen-bond acceptors (Lipinski definition) is 5. The minimum atomic E-state index is -1.15. The number of ketones is 1. The zero-order valence-corrected chi connectivity index (χ0v) is 18.5. The molecule has 0 atom stereocenters. The maximum Gasteiger partial charge on any atom is 0.182 e. The van der Waals surface area contributed by atoms with Crippen molar-refractivity contribution in [2.24, 2.45) is 0 Å². The van der Waals surface area contributed by atoms with Gasteiger partial charge in [-0.25, -0.2) is 13.8 Å². The molecule has 4 aromatic rings. The molecule has 0 bridgehead atoms. The Morgan fingerprint density at radius 2 is 1.76 bits per heavy atom. The van der Waals surface area contributed by atoms with E-state index in [0.717, 1.165) is 6.07 Å². The lowest BCUT2D eigenvalue weighted by molar-refractivity contribution is 0.0782. The van der Waals surface area contributed by atoms with Crippen molar-refractivity contribution in [3.8, 4) is 5.75 Å². The van der Waals surface area contributed by atoms with Gasteiger partial charge in [0.25, 0.3) is 0 Å². The summed E-state index contributed by atoms with van der Waals surface area (Å²) in [5.74, 6) is -1.95. The van der Waals surface area contributed by atoms with Crippen molar-refractivity contribution in [2.45, 2.75) is 25.4 Å². The van der Waals surface area contributed by atoms with Crippen molar-refractivity contribution in [2.75, 3.05) is 13.2 Å². The van der Waals surface area contributed by atoms with Gasteiger partial charge in [0.1, 0.15) is 12.3 Å². The van der Waals surface area contributed by atoms with Gasteiger partial charge in [0.15, 0.2) is 28.8 Å². The summed E-state index contributed by atoms with van der Waals surface area (Å²) in [6, 6.07) is 16.0. The molecule has 4 rings (SSSR count). The maximum atomic E-state index is 14.0. The van der Waals surface area contributed by atoms with E-state index >= 15 is 0 Å². The van der Waals surface area contributed by atoms with E-state index in [1.807, 2.05) is 6.07 Å². The van der Waals surface area contributed by atoms with Gasteiger partial charge >= 0.3 is 0 Å². The second kappa shape index (κ2) is 9.70. The first kappa shape index (κ1) is 23.5. The van der Waals surface area contributed by atoms with Crippen LogP contribution in [-0.4, -0.2) is 38.6 Å². The average molecular weight is 466 g/mol. The molecule has 0 aliphatic carbocycles. The first-order valence-corrected chi connectivity index (χ1v) is 10.7. The number of ether oxygens (including phenoxy) is 1. The zero-order chi connectivity index (χ0) is 24.3. The Morgan fingerprint density at radius 3 is 2.47 bits per heavy atom. The summed E-state index contributed by atoms with van der Waals surface area (Å²) in [4.78, 5) is 17.9. The predicted octanol–water partition coefficient (Wildman–Crippen LogP) is 4.00. The predicted molar refractivity (Wildman–Crippen MR) is 122 cm³/mol. The lowest BCUT2D eigenvalue weighted by atomic mass is 9.77. The van der Waals surface area contributed by atoms with Crippen LogP contribution in [-0.2, 0) is 12.0 Å². The summed E-state index contributed by atoms with van der Waals surface area (Å²) in [5.41, 5.74) is 0.632. The van der Waals surface area contributed by atoms with Crippen molar-refractivity contribution in [3.05, 3.63) is 101 Å². The van der Waals surface area contributed by atoms with Crippen molar-refractivity contribution in [1.82, 2.24) is 9.38 Å². The molecule has 8 heteroatoms. The van der Waals surface area contributed by atoms with E-state index in [1.54, 1.807) is 53.9 Å². The second-order valence-electron chi connectivity index (χ2n) is 8.18. The number of Topliss-reactive ketones (excluding diaryl/α,β-unsaturated/α-hetero) is 1. The van der Waals surface area contributed by atoms with Crippen molar-refractivity contribution < 1.29 is 28.5 Å². The number of carbonyl (C=O) groups is 1. The molecule has 176 valence electrons. The Balaban J connectivity index is 1.65. The average Bonchev–Trinajstić information content (AvgIpc) is 3.20. The first-order valence-electron chi connectivity index (χ1n) is 10.7. The molecule has 0 saturated heterocycles. The molecule has 0 spiro atoms. The topological polar surface area (TPSA) is 84.1 Å². The van der Waals surface area contributed by atoms with Crippen molar-refractivity contribution >= 4 is 11.4 Å². The van der Waals surface area contributed by atoms with Crippen LogP contribution in [0.25, 0.3) is 5.65 Å². The number of aromatic nitrogens is 2. The van der Waals surface area contributed by atoms with Gasteiger partial charge in [-0.1, -0.05) is 42.5 Å². The fourth-order valence-corrected chi connectivity index (χ4v) is 4.05. The van der Waals surface area contributed by atoms with E-state index in [0.29, 0.717) is 28.3 Å². The Bertz CT molecular complexity index is 1320. The largest absolute Gasteiger partial charge is 0.485 e. The molecule has 0 fully saturated rings. The van der Waals surface area contributed by atoms with Crippen LogP contribution in [0, 0.1) is 18.6 Å². The Labute approximate surface area is 195 Å². The van der Waals surface area contributed by atoms with Crippen molar-refractivity contribution in [3.63, 3.8) is 0 Å². The van der Waals surface area contributed by atoms with Crippen LogP contribution in [0.5, 0.6) is 5.75 Å². The van der Waals surface area contributed by atoms with E-state index in [-0.39, 0.29) is 24.4 Å². The third-order valence-corrected chi connectivity index (χ3v) is 5.96. The van der Waals surface area contributed by atoms with Gasteiger partial charge in [-0.15, -0.1) is 0 Å². The lowest BCUT2D eigenvalue weighted by Crippen LogP contribution is -2.37. The van der Waals surface area contributed by atoms with Gasteiger partial charge in [0, 0.05) is 23.6 Å². The van der Waals surface area contributed by atoms with Crippen LogP contribution < -0.4 is 4.74 Å². The van der Waals surface area contributed by atoms with Crippen molar-refractivity contribution in [1.29, 1.82) is 0 Å². The fraction of sp³-hybridized carbons (Fsp3) is 0.231. The molecule has 0 saturated carbocycles. The van der Waals surface area contributed by atoms with Gasteiger partial charge in [-0.2, -0.15) is 0 Å². The van der Waals surface area contributed by atoms with Crippen LogP contribution in [0.1, 0.15) is 33.7 Å². The lowest BCUT2D eigenvalue weighted by Gasteiger charge is -2.29. The molecule has 0 amide bonds. The van der Waals surface area contributed by atoms with E-state index in [4.69, 9.17) is 4.74 Å². The van der Waals surface area contributed by atoms with Gasteiger partial charge in [-0.05, 0) is 30.7 Å². The molecular formula is C26H24F2N2O4. The highest BCUT2D eigenvalue weighted by Gasteiger charge is 2.35. The van der Waals surface area contributed by atoms with Crippen LogP contribution in [0.2, 0.25) is 0 Å². The van der Waals surface area contributed by atoms with Crippen LogP contribution in [0.3, 0.4) is 0 Å².